The van der Waals surface area contributed by atoms with E-state index < -0.39 is 0 Å². The van der Waals surface area contributed by atoms with Crippen molar-refractivity contribution in [3.63, 3.8) is 0 Å². The fraction of sp³-hybridized carbons (Fsp3) is 0. The normalized spacial score (nSPS) is 11.2. The minimum Gasteiger partial charge on any atom is -0.311 e. The van der Waals surface area contributed by atoms with E-state index in [-0.39, 0.29) is 0 Å². The molecule has 0 saturated heterocycles. The Labute approximate surface area is 433 Å². The molecule has 13 rings (SSSR count). The van der Waals surface area contributed by atoms with Crippen molar-refractivity contribution in [3.05, 3.63) is 303 Å². The van der Waals surface area contributed by atoms with E-state index in [1.165, 1.54) is 82.4 Å². The molecule has 0 aliphatic heterocycles. The first-order valence-electron chi connectivity index (χ1n) is 25.4. The number of para-hydroxylation sites is 3. The Kier molecular flexibility index (Phi) is 11.6. The van der Waals surface area contributed by atoms with Gasteiger partial charge in [-0.2, -0.15) is 0 Å². The second kappa shape index (κ2) is 19.4. The largest absolute Gasteiger partial charge is 0.311 e. The molecule has 0 aliphatic rings. The molecule has 0 saturated carbocycles. The van der Waals surface area contributed by atoms with Crippen LogP contribution in [-0.2, 0) is 0 Å². The van der Waals surface area contributed by atoms with Gasteiger partial charge in [0, 0.05) is 34.1 Å². The minimum absolute atomic E-state index is 1.09. The lowest BCUT2D eigenvalue weighted by molar-refractivity contribution is 1.28. The van der Waals surface area contributed by atoms with Gasteiger partial charge in [0.1, 0.15) is 0 Å². The third-order valence-corrected chi connectivity index (χ3v) is 14.5. The first-order chi connectivity index (χ1) is 36.7. The highest BCUT2D eigenvalue weighted by molar-refractivity contribution is 6.21. The van der Waals surface area contributed by atoms with Crippen LogP contribution in [0, 0.1) is 0 Å². The van der Waals surface area contributed by atoms with Gasteiger partial charge in [-0.05, 0) is 161 Å². The molecule has 13 aromatic carbocycles. The Hall–Kier alpha value is -9.76. The summed E-state index contributed by atoms with van der Waals surface area (Å²) in [6.45, 7) is 0. The SMILES string of the molecule is c1ccc(N(c2ccccc2)c2ccc(-c3ccc(N(c4ccccc4)c4ccc(-c5c6ccccc6c(-c6ccc(-c7ccc(-c8cccc9ccccc89)cc7)cc6)c6ccccc56)cc4)cc3)cc2)cc1. The highest BCUT2D eigenvalue weighted by atomic mass is 15.1. The number of rotatable bonds is 11. The summed E-state index contributed by atoms with van der Waals surface area (Å²) in [5.41, 5.74) is 18.7. The zero-order valence-corrected chi connectivity index (χ0v) is 40.8. The van der Waals surface area contributed by atoms with Crippen LogP contribution < -0.4 is 9.80 Å². The molecule has 0 aliphatic carbocycles. The molecule has 0 heterocycles. The predicted molar refractivity (Wildman–Crippen MR) is 316 cm³/mol. The summed E-state index contributed by atoms with van der Waals surface area (Å²) >= 11 is 0. The Morgan fingerprint density at radius 3 is 0.797 bits per heavy atom. The van der Waals surface area contributed by atoms with Crippen molar-refractivity contribution >= 4 is 66.4 Å². The van der Waals surface area contributed by atoms with Gasteiger partial charge in [0.05, 0.1) is 0 Å². The first-order valence-corrected chi connectivity index (χ1v) is 25.4. The molecule has 13 aromatic rings. The minimum atomic E-state index is 1.09. The Morgan fingerprint density at radius 2 is 0.419 bits per heavy atom. The zero-order chi connectivity index (χ0) is 49.2. The van der Waals surface area contributed by atoms with Crippen molar-refractivity contribution in [2.75, 3.05) is 9.80 Å². The van der Waals surface area contributed by atoms with Crippen LogP contribution in [0.1, 0.15) is 0 Å². The van der Waals surface area contributed by atoms with Crippen molar-refractivity contribution in [1.29, 1.82) is 0 Å². The average molecular weight is 943 g/mol. The third-order valence-electron chi connectivity index (χ3n) is 14.5. The quantitative estimate of drug-likeness (QED) is 0.119. The molecular weight excluding hydrogens is 893 g/mol. The molecule has 0 N–H and O–H groups in total. The second-order valence-corrected chi connectivity index (χ2v) is 18.8. The maximum atomic E-state index is 2.34. The van der Waals surface area contributed by atoms with Gasteiger partial charge in [-0.25, -0.2) is 0 Å². The van der Waals surface area contributed by atoms with Crippen LogP contribution >= 0.6 is 0 Å². The smallest absolute Gasteiger partial charge is 0.0462 e. The molecule has 2 nitrogen and oxygen atoms in total. The topological polar surface area (TPSA) is 6.48 Å². The van der Waals surface area contributed by atoms with Crippen molar-refractivity contribution in [1.82, 2.24) is 0 Å². The van der Waals surface area contributed by atoms with E-state index in [4.69, 9.17) is 0 Å². The van der Waals surface area contributed by atoms with Gasteiger partial charge in [0.25, 0.3) is 0 Å². The monoisotopic (exact) mass is 942 g/mol. The summed E-state index contributed by atoms with van der Waals surface area (Å²) in [4.78, 5) is 4.64. The van der Waals surface area contributed by atoms with Crippen LogP contribution in [0.3, 0.4) is 0 Å². The lowest BCUT2D eigenvalue weighted by atomic mass is 9.85. The van der Waals surface area contributed by atoms with Crippen molar-refractivity contribution < 1.29 is 0 Å². The van der Waals surface area contributed by atoms with E-state index >= 15 is 0 Å². The first kappa shape index (κ1) is 44.2. The van der Waals surface area contributed by atoms with Crippen LogP contribution in [0.2, 0.25) is 0 Å². The van der Waals surface area contributed by atoms with Crippen molar-refractivity contribution in [2.24, 2.45) is 0 Å². The van der Waals surface area contributed by atoms with E-state index in [2.05, 4.69) is 313 Å². The molecule has 0 fully saturated rings. The summed E-state index contributed by atoms with van der Waals surface area (Å²) in [6, 6.07) is 110. The van der Waals surface area contributed by atoms with Gasteiger partial charge < -0.3 is 9.80 Å². The molecule has 0 aromatic heterocycles. The lowest BCUT2D eigenvalue weighted by Gasteiger charge is -2.26. The van der Waals surface area contributed by atoms with Gasteiger partial charge in [0.15, 0.2) is 0 Å². The number of nitrogens with zero attached hydrogens (tertiary/aromatic N) is 2. The molecular formula is C72H50N2. The van der Waals surface area contributed by atoms with Crippen LogP contribution in [0.15, 0.2) is 303 Å². The summed E-state index contributed by atoms with van der Waals surface area (Å²) in [5.74, 6) is 0. The van der Waals surface area contributed by atoms with Crippen LogP contribution in [0.4, 0.5) is 34.1 Å². The van der Waals surface area contributed by atoms with Crippen LogP contribution in [0.5, 0.6) is 0 Å². The van der Waals surface area contributed by atoms with E-state index in [9.17, 15) is 0 Å². The summed E-state index contributed by atoms with van der Waals surface area (Å²) in [7, 11) is 0. The van der Waals surface area contributed by atoms with Gasteiger partial charge in [-0.3, -0.25) is 0 Å². The average Bonchev–Trinajstić information content (AvgIpc) is 3.48. The molecule has 0 amide bonds. The molecule has 74 heavy (non-hydrogen) atoms. The van der Waals surface area contributed by atoms with Crippen molar-refractivity contribution in [3.8, 4) is 55.6 Å². The third kappa shape index (κ3) is 8.35. The number of benzene rings is 13. The van der Waals surface area contributed by atoms with Crippen LogP contribution in [0.25, 0.3) is 88.0 Å². The standard InChI is InChI=1S/C72H50N2/c1-4-19-59(20-5-1)73(60-21-6-2-7-22-60)62-45-39-53(40-46-62)54-41-47-63(48-42-54)74(61-23-8-3-9-24-61)64-49-43-58(44-50-64)72-69-28-14-12-26-67(69)71(68-27-13-15-29-70(68)72)57-37-33-52(34-38-57)51-31-35-56(36-32-51)66-30-16-18-55-17-10-11-25-65(55)66/h1-50H. The molecule has 0 atom stereocenters. The highest BCUT2D eigenvalue weighted by Gasteiger charge is 2.19. The highest BCUT2D eigenvalue weighted by Crippen LogP contribution is 2.45. The van der Waals surface area contributed by atoms with Crippen LogP contribution in [-0.4, -0.2) is 0 Å². The number of anilines is 6. The molecule has 2 heteroatoms. The Bertz CT molecular complexity index is 3960. The fourth-order valence-corrected chi connectivity index (χ4v) is 10.9. The van der Waals surface area contributed by atoms with Gasteiger partial charge in [-0.1, -0.05) is 231 Å². The molecule has 0 radical (unpaired) electrons. The maximum Gasteiger partial charge on any atom is 0.0462 e. The molecule has 0 unspecified atom stereocenters. The van der Waals surface area contributed by atoms with E-state index in [1.54, 1.807) is 0 Å². The van der Waals surface area contributed by atoms with Gasteiger partial charge >= 0.3 is 0 Å². The zero-order valence-electron chi connectivity index (χ0n) is 40.8. The molecule has 0 bridgehead atoms. The van der Waals surface area contributed by atoms with Gasteiger partial charge in [-0.15, -0.1) is 0 Å². The van der Waals surface area contributed by atoms with E-state index in [1.807, 2.05) is 0 Å². The fourth-order valence-electron chi connectivity index (χ4n) is 10.9. The molecule has 0 spiro atoms. The number of hydrogen-bond donors (Lipinski definition) is 0. The maximum absolute atomic E-state index is 2.34. The molecule has 348 valence electrons. The predicted octanol–water partition coefficient (Wildman–Crippen LogP) is 20.4. The van der Waals surface area contributed by atoms with E-state index in [0.29, 0.717) is 0 Å². The number of fused-ring (bicyclic) bond motifs is 3. The Balaban J connectivity index is 0.806. The van der Waals surface area contributed by atoms with Gasteiger partial charge in [0.2, 0.25) is 0 Å². The summed E-state index contributed by atoms with van der Waals surface area (Å²) in [6.07, 6.45) is 0. The summed E-state index contributed by atoms with van der Waals surface area (Å²) < 4.78 is 0. The number of hydrogen-bond acceptors (Lipinski definition) is 2. The Morgan fingerprint density at radius 1 is 0.162 bits per heavy atom. The summed E-state index contributed by atoms with van der Waals surface area (Å²) in [5, 5.41) is 7.48. The van der Waals surface area contributed by atoms with Crippen molar-refractivity contribution in [2.45, 2.75) is 0 Å². The second-order valence-electron chi connectivity index (χ2n) is 18.8. The van der Waals surface area contributed by atoms with E-state index in [0.717, 1.165) is 39.7 Å². The lowest BCUT2D eigenvalue weighted by Crippen LogP contribution is -2.09.